The van der Waals surface area contributed by atoms with Crippen LogP contribution in [0, 0.1) is 6.92 Å². The molecule has 0 saturated carbocycles. The summed E-state index contributed by atoms with van der Waals surface area (Å²) in [6.45, 7) is 4.26. The van der Waals surface area contributed by atoms with Crippen LogP contribution in [0.5, 0.6) is 0 Å². The lowest BCUT2D eigenvalue weighted by atomic mass is 10.0. The average molecular weight is 378 g/mol. The van der Waals surface area contributed by atoms with Gasteiger partial charge in [0.15, 0.2) is 0 Å². The third-order valence-corrected chi connectivity index (χ3v) is 4.87. The van der Waals surface area contributed by atoms with Crippen LogP contribution in [-0.4, -0.2) is 50.9 Å². The molecular weight excluding hydrogens is 356 g/mol. The normalized spacial score (nSPS) is 14.7. The Morgan fingerprint density at radius 2 is 2.18 bits per heavy atom. The van der Waals surface area contributed by atoms with Crippen molar-refractivity contribution < 1.29 is 9.32 Å². The molecule has 8 heteroatoms. The van der Waals surface area contributed by atoms with Gasteiger partial charge in [0.2, 0.25) is 5.89 Å². The van der Waals surface area contributed by atoms with Gasteiger partial charge in [0, 0.05) is 31.9 Å². The number of nitrogens with one attached hydrogen (secondary N) is 1. The van der Waals surface area contributed by atoms with Gasteiger partial charge in [-0.2, -0.15) is 10.1 Å². The number of aromatic nitrogens is 4. The van der Waals surface area contributed by atoms with Crippen molar-refractivity contribution >= 4 is 11.5 Å². The van der Waals surface area contributed by atoms with Gasteiger partial charge in [-0.3, -0.25) is 9.69 Å². The number of hydrogen-bond acceptors (Lipinski definition) is 6. The SMILES string of the molecule is CNC(=O)c1noc(CN2CC=C(c3cnn(-c4ccccc4C)c3)CC2)n1. The molecule has 3 aromatic rings. The molecule has 2 aromatic heterocycles. The van der Waals surface area contributed by atoms with Crippen molar-refractivity contribution in [3.8, 4) is 5.69 Å². The first kappa shape index (κ1) is 18.1. The van der Waals surface area contributed by atoms with Crippen molar-refractivity contribution in [2.45, 2.75) is 19.9 Å². The highest BCUT2D eigenvalue weighted by atomic mass is 16.5. The Morgan fingerprint density at radius 1 is 1.32 bits per heavy atom. The maximum Gasteiger partial charge on any atom is 0.292 e. The zero-order valence-electron chi connectivity index (χ0n) is 15.9. The molecule has 1 N–H and O–H groups in total. The molecule has 28 heavy (non-hydrogen) atoms. The van der Waals surface area contributed by atoms with Gasteiger partial charge in [0.1, 0.15) is 0 Å². The minimum atomic E-state index is -0.346. The summed E-state index contributed by atoms with van der Waals surface area (Å²) >= 11 is 0. The average Bonchev–Trinajstić information content (AvgIpc) is 3.38. The Hall–Kier alpha value is -3.26. The largest absolute Gasteiger partial charge is 0.352 e. The van der Waals surface area contributed by atoms with E-state index in [0.717, 1.165) is 30.8 Å². The predicted octanol–water partition coefficient (Wildman–Crippen LogP) is 2.21. The van der Waals surface area contributed by atoms with E-state index in [4.69, 9.17) is 4.52 Å². The quantitative estimate of drug-likeness (QED) is 0.732. The zero-order chi connectivity index (χ0) is 19.5. The number of para-hydroxylation sites is 1. The monoisotopic (exact) mass is 378 g/mol. The highest BCUT2D eigenvalue weighted by Crippen LogP contribution is 2.24. The van der Waals surface area contributed by atoms with Crippen molar-refractivity contribution in [3.05, 3.63) is 65.6 Å². The molecule has 0 saturated heterocycles. The van der Waals surface area contributed by atoms with Crippen LogP contribution < -0.4 is 5.32 Å². The molecule has 0 unspecified atom stereocenters. The molecule has 1 aliphatic heterocycles. The third kappa shape index (κ3) is 3.72. The van der Waals surface area contributed by atoms with Crippen LogP contribution >= 0.6 is 0 Å². The Kier molecular flexibility index (Phi) is 5.03. The molecule has 0 radical (unpaired) electrons. The van der Waals surface area contributed by atoms with E-state index in [1.807, 2.05) is 23.0 Å². The first-order valence-electron chi connectivity index (χ1n) is 9.21. The van der Waals surface area contributed by atoms with Gasteiger partial charge in [-0.1, -0.05) is 29.4 Å². The van der Waals surface area contributed by atoms with Crippen LogP contribution in [-0.2, 0) is 6.54 Å². The van der Waals surface area contributed by atoms with E-state index >= 15 is 0 Å². The molecule has 1 aliphatic rings. The number of aryl methyl sites for hydroxylation is 1. The number of carbonyl (C=O) groups excluding carboxylic acids is 1. The summed E-state index contributed by atoms with van der Waals surface area (Å²) in [5, 5.41) is 10.7. The zero-order valence-corrected chi connectivity index (χ0v) is 15.9. The molecule has 1 aromatic carbocycles. The standard InChI is InChI=1S/C20H22N6O2/c1-14-5-3-4-6-17(14)26-12-16(11-22-26)15-7-9-25(10-8-15)13-18-23-19(24-28-18)20(27)21-2/h3-7,11-12H,8-10,13H2,1-2H3,(H,21,27). The van der Waals surface area contributed by atoms with Crippen molar-refractivity contribution in [1.29, 1.82) is 0 Å². The molecule has 8 nitrogen and oxygen atoms in total. The summed E-state index contributed by atoms with van der Waals surface area (Å²) in [5.41, 5.74) is 4.71. The van der Waals surface area contributed by atoms with Crippen molar-refractivity contribution in [2.75, 3.05) is 20.1 Å². The number of amides is 1. The lowest BCUT2D eigenvalue weighted by Crippen LogP contribution is -2.28. The van der Waals surface area contributed by atoms with Gasteiger partial charge < -0.3 is 9.84 Å². The molecule has 0 aliphatic carbocycles. The summed E-state index contributed by atoms with van der Waals surface area (Å²) in [7, 11) is 1.54. The van der Waals surface area contributed by atoms with E-state index in [1.54, 1.807) is 0 Å². The van der Waals surface area contributed by atoms with Gasteiger partial charge in [-0.05, 0) is 30.5 Å². The summed E-state index contributed by atoms with van der Waals surface area (Å²) < 4.78 is 7.09. The molecule has 0 atom stereocenters. The second-order valence-electron chi connectivity index (χ2n) is 6.77. The molecule has 1 amide bonds. The first-order chi connectivity index (χ1) is 13.6. The van der Waals surface area contributed by atoms with E-state index in [2.05, 4.69) is 56.8 Å². The summed E-state index contributed by atoms with van der Waals surface area (Å²) in [4.78, 5) is 17.9. The highest BCUT2D eigenvalue weighted by molar-refractivity contribution is 5.89. The molecule has 144 valence electrons. The Balaban J connectivity index is 1.41. The van der Waals surface area contributed by atoms with Crippen LogP contribution in [0.1, 0.15) is 34.1 Å². The first-order valence-corrected chi connectivity index (χ1v) is 9.21. The minimum Gasteiger partial charge on any atom is -0.352 e. The fourth-order valence-corrected chi connectivity index (χ4v) is 3.27. The van der Waals surface area contributed by atoms with Crippen molar-refractivity contribution in [1.82, 2.24) is 30.1 Å². The van der Waals surface area contributed by atoms with Gasteiger partial charge in [0.05, 0.1) is 18.4 Å². The van der Waals surface area contributed by atoms with Crippen molar-refractivity contribution in [2.24, 2.45) is 0 Å². The smallest absolute Gasteiger partial charge is 0.292 e. The molecule has 4 rings (SSSR count). The third-order valence-electron chi connectivity index (χ3n) is 4.87. The number of benzene rings is 1. The highest BCUT2D eigenvalue weighted by Gasteiger charge is 2.19. The molecule has 3 heterocycles. The van der Waals surface area contributed by atoms with E-state index < -0.39 is 0 Å². The van der Waals surface area contributed by atoms with Gasteiger partial charge in [-0.15, -0.1) is 0 Å². The van der Waals surface area contributed by atoms with Crippen LogP contribution in [0.2, 0.25) is 0 Å². The number of carbonyl (C=O) groups is 1. The fourth-order valence-electron chi connectivity index (χ4n) is 3.27. The van der Waals surface area contributed by atoms with Crippen LogP contribution in [0.25, 0.3) is 11.3 Å². The van der Waals surface area contributed by atoms with Crippen molar-refractivity contribution in [3.63, 3.8) is 0 Å². The minimum absolute atomic E-state index is 0.0642. The van der Waals surface area contributed by atoms with Crippen LogP contribution in [0.4, 0.5) is 0 Å². The summed E-state index contributed by atoms with van der Waals surface area (Å²) in [6, 6.07) is 8.21. The van der Waals surface area contributed by atoms with E-state index in [1.165, 1.54) is 18.2 Å². The van der Waals surface area contributed by atoms with E-state index in [9.17, 15) is 4.79 Å². The topological polar surface area (TPSA) is 89.1 Å². The Morgan fingerprint density at radius 3 is 2.93 bits per heavy atom. The fraction of sp³-hybridized carbons (Fsp3) is 0.300. The summed E-state index contributed by atoms with van der Waals surface area (Å²) in [6.07, 6.45) is 7.12. The second-order valence-corrected chi connectivity index (χ2v) is 6.77. The maximum absolute atomic E-state index is 11.5. The number of nitrogens with zero attached hydrogens (tertiary/aromatic N) is 5. The van der Waals surface area contributed by atoms with Crippen LogP contribution in [0.3, 0.4) is 0 Å². The maximum atomic E-state index is 11.5. The molecule has 0 fully saturated rings. The lowest BCUT2D eigenvalue weighted by Gasteiger charge is -2.24. The van der Waals surface area contributed by atoms with Crippen LogP contribution in [0.15, 0.2) is 47.3 Å². The van der Waals surface area contributed by atoms with Gasteiger partial charge in [-0.25, -0.2) is 4.68 Å². The molecular formula is C20H22N6O2. The van der Waals surface area contributed by atoms with E-state index in [0.29, 0.717) is 12.4 Å². The predicted molar refractivity (Wildman–Crippen MR) is 104 cm³/mol. The number of hydrogen-bond donors (Lipinski definition) is 1. The lowest BCUT2D eigenvalue weighted by molar-refractivity contribution is 0.0950. The van der Waals surface area contributed by atoms with E-state index in [-0.39, 0.29) is 11.7 Å². The molecule has 0 bridgehead atoms. The van der Waals surface area contributed by atoms with Gasteiger partial charge in [0.25, 0.3) is 11.7 Å². The Bertz CT molecular complexity index is 1020. The van der Waals surface area contributed by atoms with Gasteiger partial charge >= 0.3 is 0 Å². The summed E-state index contributed by atoms with van der Waals surface area (Å²) in [5.74, 6) is 0.165. The molecule has 0 spiro atoms. The Labute approximate surface area is 162 Å². The second kappa shape index (κ2) is 7.77. The number of rotatable bonds is 5.